The first-order valence-electron chi connectivity index (χ1n) is 7.59. The molecule has 0 amide bonds. The van der Waals surface area contributed by atoms with Crippen molar-refractivity contribution in [2.24, 2.45) is 11.8 Å². The maximum Gasteiger partial charge on any atom is 0.279 e. The average Bonchev–Trinajstić information content (AvgIpc) is 2.47. The van der Waals surface area contributed by atoms with Gasteiger partial charge < -0.3 is 5.32 Å². The predicted molar refractivity (Wildman–Crippen MR) is 85.2 cm³/mol. The molecule has 0 aromatic rings. The molecule has 7 heteroatoms. The van der Waals surface area contributed by atoms with E-state index < -0.39 is 10.2 Å². The van der Waals surface area contributed by atoms with E-state index in [4.69, 9.17) is 0 Å². The molecule has 1 atom stereocenters. The highest BCUT2D eigenvalue weighted by Gasteiger charge is 2.29. The Hall–Kier alpha value is 0.180. The van der Waals surface area contributed by atoms with Gasteiger partial charge in [-0.25, -0.2) is 4.72 Å². The largest absolute Gasteiger partial charge is 0.319 e. The summed E-state index contributed by atoms with van der Waals surface area (Å²) in [5.41, 5.74) is 0. The molecule has 2 N–H and O–H groups in total. The summed E-state index contributed by atoms with van der Waals surface area (Å²) >= 11 is 1.97. The summed E-state index contributed by atoms with van der Waals surface area (Å²) in [5, 5.41) is 3.15. The predicted octanol–water partition coefficient (Wildman–Crippen LogP) is 0.895. The molecule has 0 saturated carbocycles. The monoisotopic (exact) mass is 321 g/mol. The van der Waals surface area contributed by atoms with Gasteiger partial charge in [0.05, 0.1) is 0 Å². The highest BCUT2D eigenvalue weighted by Crippen LogP contribution is 2.23. The van der Waals surface area contributed by atoms with Crippen LogP contribution < -0.4 is 10.0 Å². The van der Waals surface area contributed by atoms with E-state index in [-0.39, 0.29) is 0 Å². The summed E-state index contributed by atoms with van der Waals surface area (Å²) in [5.74, 6) is 3.29. The molecule has 0 aromatic carbocycles. The summed E-state index contributed by atoms with van der Waals surface area (Å²) < 4.78 is 29.2. The zero-order valence-electron chi connectivity index (χ0n) is 12.3. The fourth-order valence-corrected chi connectivity index (χ4v) is 5.57. The fourth-order valence-electron chi connectivity index (χ4n) is 2.97. The molecule has 2 fully saturated rings. The number of thioether (sulfide) groups is 1. The lowest BCUT2D eigenvalue weighted by Gasteiger charge is -2.32. The average molecular weight is 322 g/mol. The number of rotatable bonds is 6. The molecule has 0 spiro atoms. The van der Waals surface area contributed by atoms with Gasteiger partial charge in [0.15, 0.2) is 0 Å². The van der Waals surface area contributed by atoms with Crippen LogP contribution in [0.3, 0.4) is 0 Å². The smallest absolute Gasteiger partial charge is 0.279 e. The van der Waals surface area contributed by atoms with Gasteiger partial charge in [0, 0.05) is 19.6 Å². The van der Waals surface area contributed by atoms with Gasteiger partial charge in [0.2, 0.25) is 0 Å². The Kier molecular flexibility index (Phi) is 6.61. The van der Waals surface area contributed by atoms with Gasteiger partial charge in [-0.3, -0.25) is 0 Å². The minimum absolute atomic E-state index is 0.441. The van der Waals surface area contributed by atoms with Gasteiger partial charge in [-0.15, -0.1) is 0 Å². The van der Waals surface area contributed by atoms with Gasteiger partial charge in [0.1, 0.15) is 0 Å². The van der Waals surface area contributed by atoms with Crippen molar-refractivity contribution in [1.82, 2.24) is 14.3 Å². The van der Waals surface area contributed by atoms with Crippen LogP contribution in [0.5, 0.6) is 0 Å². The molecule has 2 heterocycles. The van der Waals surface area contributed by atoms with Crippen LogP contribution in [0, 0.1) is 11.8 Å². The minimum atomic E-state index is -3.29. The van der Waals surface area contributed by atoms with Crippen molar-refractivity contribution in [2.45, 2.75) is 25.7 Å². The van der Waals surface area contributed by atoms with E-state index >= 15 is 0 Å². The van der Waals surface area contributed by atoms with Gasteiger partial charge in [0.25, 0.3) is 10.2 Å². The minimum Gasteiger partial charge on any atom is -0.319 e. The quantitative estimate of drug-likeness (QED) is 0.763. The van der Waals surface area contributed by atoms with E-state index in [0.29, 0.717) is 31.5 Å². The first-order valence-corrected chi connectivity index (χ1v) is 10.2. The molecule has 2 aliphatic rings. The topological polar surface area (TPSA) is 61.4 Å². The van der Waals surface area contributed by atoms with Gasteiger partial charge in [-0.05, 0) is 62.6 Å². The third kappa shape index (κ3) is 4.87. The fraction of sp³-hybridized carbons (Fsp3) is 1.00. The van der Waals surface area contributed by atoms with E-state index in [0.717, 1.165) is 32.2 Å². The van der Waals surface area contributed by atoms with E-state index in [1.54, 1.807) is 4.31 Å². The van der Waals surface area contributed by atoms with Crippen LogP contribution in [0.2, 0.25) is 0 Å². The molecule has 2 saturated heterocycles. The summed E-state index contributed by atoms with van der Waals surface area (Å²) in [6, 6.07) is 0. The highest BCUT2D eigenvalue weighted by atomic mass is 32.2. The highest BCUT2D eigenvalue weighted by molar-refractivity contribution is 7.99. The Labute approximate surface area is 127 Å². The van der Waals surface area contributed by atoms with Crippen molar-refractivity contribution in [2.75, 3.05) is 44.7 Å². The van der Waals surface area contributed by atoms with Gasteiger partial charge in [-0.1, -0.05) is 0 Å². The van der Waals surface area contributed by atoms with Crippen molar-refractivity contribution in [3.63, 3.8) is 0 Å². The Morgan fingerprint density at radius 3 is 2.60 bits per heavy atom. The molecular formula is C13H27N3O2S2. The lowest BCUT2D eigenvalue weighted by Crippen LogP contribution is -2.48. The number of piperidine rings is 1. The second kappa shape index (κ2) is 7.98. The Bertz CT molecular complexity index is 381. The first-order chi connectivity index (χ1) is 9.62. The third-order valence-electron chi connectivity index (χ3n) is 4.21. The number of hydrogen-bond donors (Lipinski definition) is 2. The van der Waals surface area contributed by atoms with E-state index in [1.807, 2.05) is 18.8 Å². The van der Waals surface area contributed by atoms with Crippen LogP contribution in [-0.4, -0.2) is 57.5 Å². The van der Waals surface area contributed by atoms with E-state index in [1.165, 1.54) is 11.5 Å². The van der Waals surface area contributed by atoms with Crippen molar-refractivity contribution < 1.29 is 8.42 Å². The molecule has 2 aliphatic heterocycles. The zero-order valence-corrected chi connectivity index (χ0v) is 13.9. The molecular weight excluding hydrogens is 294 g/mol. The Morgan fingerprint density at radius 1 is 1.15 bits per heavy atom. The summed E-state index contributed by atoms with van der Waals surface area (Å²) in [6.45, 7) is 2.81. The third-order valence-corrected chi connectivity index (χ3v) is 6.80. The van der Waals surface area contributed by atoms with Gasteiger partial charge >= 0.3 is 0 Å². The van der Waals surface area contributed by atoms with E-state index in [9.17, 15) is 8.42 Å². The van der Waals surface area contributed by atoms with Crippen LogP contribution in [-0.2, 0) is 10.2 Å². The molecule has 2 rings (SSSR count). The van der Waals surface area contributed by atoms with Crippen molar-refractivity contribution >= 4 is 22.0 Å². The zero-order chi connectivity index (χ0) is 14.4. The summed E-state index contributed by atoms with van der Waals surface area (Å²) in [7, 11) is -1.36. The normalized spacial score (nSPS) is 26.8. The summed E-state index contributed by atoms with van der Waals surface area (Å²) in [6.07, 6.45) is 4.35. The van der Waals surface area contributed by atoms with Crippen molar-refractivity contribution in [3.8, 4) is 0 Å². The maximum absolute atomic E-state index is 12.4. The Morgan fingerprint density at radius 2 is 1.90 bits per heavy atom. The van der Waals surface area contributed by atoms with Crippen LogP contribution in [0.1, 0.15) is 25.7 Å². The second-order valence-electron chi connectivity index (χ2n) is 5.83. The Balaban J connectivity index is 1.82. The van der Waals surface area contributed by atoms with Crippen molar-refractivity contribution in [1.29, 1.82) is 0 Å². The molecule has 0 aliphatic carbocycles. The van der Waals surface area contributed by atoms with Crippen LogP contribution in [0.15, 0.2) is 0 Å². The molecule has 5 nitrogen and oxygen atoms in total. The van der Waals surface area contributed by atoms with Crippen molar-refractivity contribution in [3.05, 3.63) is 0 Å². The number of nitrogens with zero attached hydrogens (tertiary/aromatic N) is 1. The molecule has 0 bridgehead atoms. The van der Waals surface area contributed by atoms with Gasteiger partial charge in [-0.2, -0.15) is 24.5 Å². The second-order valence-corrected chi connectivity index (χ2v) is 8.81. The van der Waals surface area contributed by atoms with E-state index in [2.05, 4.69) is 10.0 Å². The maximum atomic E-state index is 12.4. The lowest BCUT2D eigenvalue weighted by atomic mass is 10.00. The van der Waals surface area contributed by atoms with Crippen LogP contribution in [0.25, 0.3) is 0 Å². The van der Waals surface area contributed by atoms with Crippen LogP contribution in [0.4, 0.5) is 0 Å². The van der Waals surface area contributed by atoms with Crippen LogP contribution >= 0.6 is 11.8 Å². The molecule has 1 unspecified atom stereocenters. The number of nitrogens with one attached hydrogen (secondary N) is 2. The molecule has 20 heavy (non-hydrogen) atoms. The SMILES string of the molecule is CNCC1CCCN(S(=O)(=O)NCC2CCSCC2)C1. The molecule has 0 aromatic heterocycles. The lowest BCUT2D eigenvalue weighted by molar-refractivity contribution is 0.260. The first kappa shape index (κ1) is 16.5. The molecule has 0 radical (unpaired) electrons. The number of hydrogen-bond acceptors (Lipinski definition) is 4. The standard InChI is InChI=1S/C13H27N3O2S2/c1-14-9-13-3-2-6-16(11-13)20(17,18)15-10-12-4-7-19-8-5-12/h12-15H,2-11H2,1H3. The summed E-state index contributed by atoms with van der Waals surface area (Å²) in [4.78, 5) is 0. The molecule has 118 valence electrons.